The van der Waals surface area contributed by atoms with Gasteiger partial charge in [0.25, 0.3) is 5.91 Å². The molecule has 0 spiro atoms. The lowest BCUT2D eigenvalue weighted by Crippen LogP contribution is -2.25. The number of carbonyl (C=O) groups excluding carboxylic acids is 1. The molecule has 0 bridgehead atoms. The number of nitrogens with zero attached hydrogens (tertiary/aromatic N) is 4. The van der Waals surface area contributed by atoms with Crippen molar-refractivity contribution in [3.63, 3.8) is 0 Å². The third-order valence-electron chi connectivity index (χ3n) is 4.25. The number of benzene rings is 2. The Balaban J connectivity index is 1.46. The molecule has 0 saturated heterocycles. The van der Waals surface area contributed by atoms with Crippen LogP contribution in [0.25, 0.3) is 0 Å². The second kappa shape index (κ2) is 9.50. The summed E-state index contributed by atoms with van der Waals surface area (Å²) in [5.74, 6) is 2.01. The summed E-state index contributed by atoms with van der Waals surface area (Å²) in [7, 11) is 1.64. The molecule has 0 aliphatic carbocycles. The van der Waals surface area contributed by atoms with Gasteiger partial charge in [-0.1, -0.05) is 12.1 Å². The lowest BCUT2D eigenvalue weighted by atomic mass is 10.1. The highest BCUT2D eigenvalue weighted by atomic mass is 16.5. The summed E-state index contributed by atoms with van der Waals surface area (Å²) in [6, 6.07) is 14.8. The van der Waals surface area contributed by atoms with E-state index < -0.39 is 0 Å². The second-order valence-corrected chi connectivity index (χ2v) is 6.08. The van der Waals surface area contributed by atoms with Crippen LogP contribution in [0.5, 0.6) is 11.5 Å². The Morgan fingerprint density at radius 1 is 1.07 bits per heavy atom. The Kier molecular flexibility index (Phi) is 6.56. The van der Waals surface area contributed by atoms with Crippen LogP contribution < -0.4 is 14.8 Å². The summed E-state index contributed by atoms with van der Waals surface area (Å²) < 4.78 is 12.5. The number of nitrogens with one attached hydrogen (secondary N) is 1. The van der Waals surface area contributed by atoms with E-state index in [0.29, 0.717) is 30.2 Å². The van der Waals surface area contributed by atoms with Crippen LogP contribution in [0, 0.1) is 0 Å². The first-order chi connectivity index (χ1) is 13.7. The maximum absolute atomic E-state index is 12.3. The van der Waals surface area contributed by atoms with E-state index in [4.69, 9.17) is 9.47 Å². The molecule has 1 amide bonds. The summed E-state index contributed by atoms with van der Waals surface area (Å²) in [5, 5.41) is 14.3. The van der Waals surface area contributed by atoms with Gasteiger partial charge in [-0.2, -0.15) is 0 Å². The molecule has 0 fully saturated rings. The van der Waals surface area contributed by atoms with E-state index in [0.717, 1.165) is 17.7 Å². The van der Waals surface area contributed by atoms with E-state index in [1.165, 1.54) is 0 Å². The Bertz CT molecular complexity index is 891. The molecule has 8 nitrogen and oxygen atoms in total. The minimum Gasteiger partial charge on any atom is -0.497 e. The van der Waals surface area contributed by atoms with Gasteiger partial charge in [-0.15, -0.1) is 5.10 Å². The Morgan fingerprint density at radius 3 is 2.46 bits per heavy atom. The van der Waals surface area contributed by atoms with Crippen LogP contribution >= 0.6 is 0 Å². The molecule has 2 aromatic carbocycles. The van der Waals surface area contributed by atoms with Crippen molar-refractivity contribution < 1.29 is 14.3 Å². The smallest absolute Gasteiger partial charge is 0.251 e. The van der Waals surface area contributed by atoms with Gasteiger partial charge in [-0.3, -0.25) is 4.79 Å². The highest BCUT2D eigenvalue weighted by molar-refractivity contribution is 5.94. The summed E-state index contributed by atoms with van der Waals surface area (Å²) in [6.07, 6.45) is 0.753. The fraction of sp³-hybridized carbons (Fsp3) is 0.300. The predicted octanol–water partition coefficient (Wildman–Crippen LogP) is 2.25. The highest BCUT2D eigenvalue weighted by Gasteiger charge is 2.08. The van der Waals surface area contributed by atoms with Gasteiger partial charge in [0.2, 0.25) is 0 Å². The lowest BCUT2D eigenvalue weighted by molar-refractivity contribution is 0.0954. The molecule has 1 N–H and O–H groups in total. The van der Waals surface area contributed by atoms with Crippen LogP contribution in [-0.4, -0.2) is 39.8 Å². The molecule has 146 valence electrons. The van der Waals surface area contributed by atoms with Gasteiger partial charge in [0.1, 0.15) is 18.1 Å². The zero-order valence-electron chi connectivity index (χ0n) is 16.0. The van der Waals surface area contributed by atoms with Crippen LogP contribution in [0.3, 0.4) is 0 Å². The minimum absolute atomic E-state index is 0.116. The zero-order valence-corrected chi connectivity index (χ0v) is 16.0. The Hall–Kier alpha value is -3.42. The van der Waals surface area contributed by atoms with Gasteiger partial charge in [0.15, 0.2) is 5.82 Å². The number of aryl methyl sites for hydroxylation is 1. The van der Waals surface area contributed by atoms with Crippen LogP contribution in [-0.2, 0) is 19.6 Å². The van der Waals surface area contributed by atoms with Crippen molar-refractivity contribution in [2.45, 2.75) is 26.5 Å². The molecule has 28 heavy (non-hydrogen) atoms. The van der Waals surface area contributed by atoms with Crippen molar-refractivity contribution in [3.8, 4) is 11.5 Å². The lowest BCUT2D eigenvalue weighted by Gasteiger charge is -2.08. The van der Waals surface area contributed by atoms with Crippen molar-refractivity contribution >= 4 is 5.91 Å². The van der Waals surface area contributed by atoms with E-state index in [1.807, 2.05) is 31.2 Å². The van der Waals surface area contributed by atoms with Crippen molar-refractivity contribution in [2.75, 3.05) is 13.7 Å². The van der Waals surface area contributed by atoms with Crippen molar-refractivity contribution in [3.05, 3.63) is 65.5 Å². The standard InChI is InChI=1S/C20H23N5O3/c1-3-25-19(22-23-24-25)14-28-18-10-6-16(7-11-18)20(26)21-13-12-15-4-8-17(27-2)9-5-15/h4-11H,3,12-14H2,1-2H3,(H,21,26). The largest absolute Gasteiger partial charge is 0.497 e. The number of tetrazole rings is 1. The minimum atomic E-state index is -0.116. The third kappa shape index (κ3) is 5.06. The van der Waals surface area contributed by atoms with E-state index in [-0.39, 0.29) is 12.5 Å². The molecule has 1 aromatic heterocycles. The van der Waals surface area contributed by atoms with Gasteiger partial charge < -0.3 is 14.8 Å². The molecule has 0 radical (unpaired) electrons. The quantitative estimate of drug-likeness (QED) is 0.611. The van der Waals surface area contributed by atoms with E-state index >= 15 is 0 Å². The van der Waals surface area contributed by atoms with Gasteiger partial charge in [-0.05, 0) is 65.7 Å². The number of aromatic nitrogens is 4. The third-order valence-corrected chi connectivity index (χ3v) is 4.25. The van der Waals surface area contributed by atoms with Crippen LogP contribution in [0.1, 0.15) is 28.7 Å². The molecule has 3 rings (SSSR count). The average Bonchev–Trinajstić information content (AvgIpc) is 3.20. The molecule has 8 heteroatoms. The summed E-state index contributed by atoms with van der Waals surface area (Å²) >= 11 is 0. The Labute approximate surface area is 163 Å². The van der Waals surface area contributed by atoms with Gasteiger partial charge in [-0.25, -0.2) is 4.68 Å². The van der Waals surface area contributed by atoms with Gasteiger partial charge in [0, 0.05) is 18.7 Å². The molecule has 0 aliphatic heterocycles. The SMILES string of the molecule is CCn1nnnc1COc1ccc(C(=O)NCCc2ccc(OC)cc2)cc1. The van der Waals surface area contributed by atoms with Crippen LogP contribution in [0.4, 0.5) is 0 Å². The summed E-state index contributed by atoms with van der Waals surface area (Å²) in [5.41, 5.74) is 1.72. The molecule has 0 saturated carbocycles. The molecule has 3 aromatic rings. The maximum atomic E-state index is 12.3. The van der Waals surface area contributed by atoms with Crippen molar-refractivity contribution in [1.82, 2.24) is 25.5 Å². The first-order valence-corrected chi connectivity index (χ1v) is 9.08. The number of rotatable bonds is 9. The predicted molar refractivity (Wildman–Crippen MR) is 103 cm³/mol. The van der Waals surface area contributed by atoms with Crippen LogP contribution in [0.2, 0.25) is 0 Å². The number of carbonyl (C=O) groups is 1. The Morgan fingerprint density at radius 2 is 1.79 bits per heavy atom. The molecular formula is C20H23N5O3. The van der Waals surface area contributed by atoms with Gasteiger partial charge >= 0.3 is 0 Å². The van der Waals surface area contributed by atoms with Gasteiger partial charge in [0.05, 0.1) is 7.11 Å². The fourth-order valence-corrected chi connectivity index (χ4v) is 2.64. The topological polar surface area (TPSA) is 91.2 Å². The average molecular weight is 381 g/mol. The van der Waals surface area contributed by atoms with Crippen molar-refractivity contribution in [2.24, 2.45) is 0 Å². The maximum Gasteiger partial charge on any atom is 0.251 e. The highest BCUT2D eigenvalue weighted by Crippen LogP contribution is 2.14. The number of amides is 1. The summed E-state index contributed by atoms with van der Waals surface area (Å²) in [4.78, 5) is 12.3. The monoisotopic (exact) mass is 381 g/mol. The number of methoxy groups -OCH3 is 1. The molecule has 0 atom stereocenters. The fourth-order valence-electron chi connectivity index (χ4n) is 2.64. The van der Waals surface area contributed by atoms with E-state index in [9.17, 15) is 4.79 Å². The van der Waals surface area contributed by atoms with Crippen molar-refractivity contribution in [1.29, 1.82) is 0 Å². The first kappa shape index (κ1) is 19.3. The molecule has 1 heterocycles. The molecule has 0 aliphatic rings. The normalized spacial score (nSPS) is 10.5. The summed E-state index contributed by atoms with van der Waals surface area (Å²) in [6.45, 7) is 3.47. The number of hydrogen-bond acceptors (Lipinski definition) is 6. The number of ether oxygens (including phenoxy) is 2. The molecular weight excluding hydrogens is 358 g/mol. The van der Waals surface area contributed by atoms with E-state index in [2.05, 4.69) is 20.8 Å². The first-order valence-electron chi connectivity index (χ1n) is 9.08. The zero-order chi connectivity index (χ0) is 19.8. The van der Waals surface area contributed by atoms with E-state index in [1.54, 1.807) is 36.1 Å². The molecule has 0 unspecified atom stereocenters. The van der Waals surface area contributed by atoms with Crippen LogP contribution in [0.15, 0.2) is 48.5 Å². The number of hydrogen-bond donors (Lipinski definition) is 1. The second-order valence-electron chi connectivity index (χ2n) is 6.08.